The zero-order valence-electron chi connectivity index (χ0n) is 10.6. The Morgan fingerprint density at radius 2 is 2.00 bits per heavy atom. The Hall–Kier alpha value is -1.46. The largest absolute Gasteiger partial charge is 0.454 e. The summed E-state index contributed by atoms with van der Waals surface area (Å²) < 4.78 is 10.5. The summed E-state index contributed by atoms with van der Waals surface area (Å²) in [7, 11) is 0. The zero-order chi connectivity index (χ0) is 12.4. The van der Waals surface area contributed by atoms with Crippen molar-refractivity contribution < 1.29 is 14.3 Å². The van der Waals surface area contributed by atoms with Crippen molar-refractivity contribution in [1.29, 1.82) is 0 Å². The number of amides is 1. The van der Waals surface area contributed by atoms with Crippen molar-refractivity contribution in [3.8, 4) is 11.5 Å². The molecule has 2 aliphatic heterocycles. The molecule has 1 fully saturated rings. The smallest absolute Gasteiger partial charge is 0.254 e. The number of nitrogens with zero attached hydrogens (tertiary/aromatic N) is 1. The van der Waals surface area contributed by atoms with Crippen LogP contribution in [0.5, 0.6) is 11.5 Å². The molecule has 0 spiro atoms. The van der Waals surface area contributed by atoms with E-state index in [1.54, 1.807) is 18.2 Å². The Kier molecular flexibility index (Phi) is 4.50. The van der Waals surface area contributed by atoms with Crippen LogP contribution < -0.4 is 14.8 Å². The second-order valence-electron chi connectivity index (χ2n) is 4.46. The van der Waals surface area contributed by atoms with E-state index in [2.05, 4.69) is 5.32 Å². The summed E-state index contributed by atoms with van der Waals surface area (Å²) in [6.45, 7) is 3.63. The van der Waals surface area contributed by atoms with Gasteiger partial charge in [-0.05, 0) is 31.2 Å². The molecule has 2 heterocycles. The van der Waals surface area contributed by atoms with E-state index in [4.69, 9.17) is 9.47 Å². The minimum Gasteiger partial charge on any atom is -0.454 e. The highest BCUT2D eigenvalue weighted by molar-refractivity contribution is 5.95. The highest BCUT2D eigenvalue weighted by atomic mass is 35.5. The molecule has 104 valence electrons. The van der Waals surface area contributed by atoms with Gasteiger partial charge in [0.25, 0.3) is 5.91 Å². The summed E-state index contributed by atoms with van der Waals surface area (Å²) in [6.07, 6.45) is 0.996. The minimum absolute atomic E-state index is 0. The van der Waals surface area contributed by atoms with Gasteiger partial charge in [0.2, 0.25) is 6.79 Å². The summed E-state index contributed by atoms with van der Waals surface area (Å²) in [5, 5.41) is 3.29. The van der Waals surface area contributed by atoms with Crippen LogP contribution >= 0.6 is 12.4 Å². The van der Waals surface area contributed by atoms with Gasteiger partial charge in [0.1, 0.15) is 0 Å². The van der Waals surface area contributed by atoms with Gasteiger partial charge >= 0.3 is 0 Å². The Morgan fingerprint density at radius 3 is 2.89 bits per heavy atom. The SMILES string of the molecule is Cl.O=C(c1ccc2c(c1)OCO2)N1CCCNCC1. The molecule has 6 heteroatoms. The third-order valence-corrected chi connectivity index (χ3v) is 3.25. The first-order chi connectivity index (χ1) is 8.84. The van der Waals surface area contributed by atoms with Crippen molar-refractivity contribution in [3.05, 3.63) is 23.8 Å². The summed E-state index contributed by atoms with van der Waals surface area (Å²) in [5.41, 5.74) is 0.668. The van der Waals surface area contributed by atoms with E-state index >= 15 is 0 Å². The van der Waals surface area contributed by atoms with Gasteiger partial charge in [0, 0.05) is 25.2 Å². The van der Waals surface area contributed by atoms with Crippen LogP contribution in [0.15, 0.2) is 18.2 Å². The van der Waals surface area contributed by atoms with Crippen LogP contribution in [0.2, 0.25) is 0 Å². The molecule has 19 heavy (non-hydrogen) atoms. The number of carbonyl (C=O) groups is 1. The Labute approximate surface area is 118 Å². The lowest BCUT2D eigenvalue weighted by Crippen LogP contribution is -2.34. The van der Waals surface area contributed by atoms with Gasteiger partial charge in [0.05, 0.1) is 0 Å². The molecule has 0 unspecified atom stereocenters. The van der Waals surface area contributed by atoms with E-state index in [0.29, 0.717) is 17.1 Å². The van der Waals surface area contributed by atoms with Crippen molar-refractivity contribution in [2.75, 3.05) is 33.0 Å². The summed E-state index contributed by atoms with van der Waals surface area (Å²) in [6, 6.07) is 5.36. The molecule has 1 aromatic rings. The molecule has 1 amide bonds. The van der Waals surface area contributed by atoms with Crippen LogP contribution in [-0.2, 0) is 0 Å². The van der Waals surface area contributed by atoms with Crippen molar-refractivity contribution in [1.82, 2.24) is 10.2 Å². The molecule has 1 aromatic carbocycles. The van der Waals surface area contributed by atoms with E-state index in [1.807, 2.05) is 4.90 Å². The molecule has 0 bridgehead atoms. The number of nitrogens with one attached hydrogen (secondary N) is 1. The lowest BCUT2D eigenvalue weighted by Gasteiger charge is -2.20. The number of carbonyl (C=O) groups excluding carboxylic acids is 1. The highest BCUT2D eigenvalue weighted by Gasteiger charge is 2.20. The van der Waals surface area contributed by atoms with Crippen molar-refractivity contribution in [2.24, 2.45) is 0 Å². The summed E-state index contributed by atoms with van der Waals surface area (Å²) in [4.78, 5) is 14.2. The van der Waals surface area contributed by atoms with Crippen molar-refractivity contribution in [3.63, 3.8) is 0 Å². The lowest BCUT2D eigenvalue weighted by molar-refractivity contribution is 0.0766. The van der Waals surface area contributed by atoms with E-state index in [9.17, 15) is 4.79 Å². The molecule has 0 aromatic heterocycles. The fourth-order valence-electron chi connectivity index (χ4n) is 2.26. The predicted octanol–water partition coefficient (Wildman–Crippen LogP) is 1.27. The number of hydrogen-bond acceptors (Lipinski definition) is 4. The van der Waals surface area contributed by atoms with Gasteiger partial charge in [-0.2, -0.15) is 0 Å². The molecular weight excluding hydrogens is 268 g/mol. The quantitative estimate of drug-likeness (QED) is 0.844. The summed E-state index contributed by atoms with van der Waals surface area (Å²) >= 11 is 0. The number of benzene rings is 1. The Morgan fingerprint density at radius 1 is 1.16 bits per heavy atom. The van der Waals surface area contributed by atoms with E-state index in [0.717, 1.165) is 32.6 Å². The van der Waals surface area contributed by atoms with Crippen LogP contribution in [0.4, 0.5) is 0 Å². The van der Waals surface area contributed by atoms with Crippen molar-refractivity contribution in [2.45, 2.75) is 6.42 Å². The molecule has 0 atom stereocenters. The van der Waals surface area contributed by atoms with Gasteiger partial charge in [-0.15, -0.1) is 12.4 Å². The van der Waals surface area contributed by atoms with Crippen molar-refractivity contribution >= 4 is 18.3 Å². The fraction of sp³-hybridized carbons (Fsp3) is 0.462. The topological polar surface area (TPSA) is 50.8 Å². The maximum absolute atomic E-state index is 12.4. The molecule has 2 aliphatic rings. The molecule has 0 radical (unpaired) electrons. The number of hydrogen-bond donors (Lipinski definition) is 1. The van der Waals surface area contributed by atoms with Gasteiger partial charge < -0.3 is 19.7 Å². The molecule has 3 rings (SSSR count). The molecule has 1 saturated heterocycles. The number of rotatable bonds is 1. The number of ether oxygens (including phenoxy) is 2. The monoisotopic (exact) mass is 284 g/mol. The average Bonchev–Trinajstić information content (AvgIpc) is 2.69. The fourth-order valence-corrected chi connectivity index (χ4v) is 2.26. The zero-order valence-corrected chi connectivity index (χ0v) is 11.4. The van der Waals surface area contributed by atoms with Crippen LogP contribution in [0.3, 0.4) is 0 Å². The van der Waals surface area contributed by atoms with E-state index < -0.39 is 0 Å². The summed E-state index contributed by atoms with van der Waals surface area (Å²) in [5.74, 6) is 1.44. The first-order valence-electron chi connectivity index (χ1n) is 6.24. The lowest BCUT2D eigenvalue weighted by atomic mass is 10.1. The molecule has 0 saturated carbocycles. The maximum Gasteiger partial charge on any atom is 0.254 e. The van der Waals surface area contributed by atoms with Crippen LogP contribution in [-0.4, -0.2) is 43.8 Å². The van der Waals surface area contributed by atoms with Gasteiger partial charge in [-0.3, -0.25) is 4.79 Å². The Bertz CT molecular complexity index is 459. The average molecular weight is 285 g/mol. The standard InChI is InChI=1S/C13H16N2O3.ClH/c16-13(15-6-1-4-14-5-7-15)10-2-3-11-12(8-10)18-9-17-11;/h2-3,8,14H,1,4-7,9H2;1H. The van der Waals surface area contributed by atoms with Crippen LogP contribution in [0.1, 0.15) is 16.8 Å². The number of fused-ring (bicyclic) bond motifs is 1. The van der Waals surface area contributed by atoms with E-state index in [1.165, 1.54) is 0 Å². The highest BCUT2D eigenvalue weighted by Crippen LogP contribution is 2.32. The normalized spacial score (nSPS) is 17.6. The van der Waals surface area contributed by atoms with Gasteiger partial charge in [-0.25, -0.2) is 0 Å². The minimum atomic E-state index is 0. The van der Waals surface area contributed by atoms with Gasteiger partial charge in [-0.1, -0.05) is 0 Å². The second-order valence-corrected chi connectivity index (χ2v) is 4.46. The maximum atomic E-state index is 12.4. The third-order valence-electron chi connectivity index (χ3n) is 3.25. The van der Waals surface area contributed by atoms with Gasteiger partial charge in [0.15, 0.2) is 11.5 Å². The number of halogens is 1. The van der Waals surface area contributed by atoms with Crippen LogP contribution in [0, 0.1) is 0 Å². The van der Waals surface area contributed by atoms with Crippen LogP contribution in [0.25, 0.3) is 0 Å². The first kappa shape index (κ1) is 14.0. The first-order valence-corrected chi connectivity index (χ1v) is 6.24. The molecular formula is C13H17ClN2O3. The second kappa shape index (κ2) is 6.12. The molecule has 0 aliphatic carbocycles. The Balaban J connectivity index is 0.00000133. The molecule has 1 N–H and O–H groups in total. The molecule has 5 nitrogen and oxygen atoms in total. The predicted molar refractivity (Wildman–Crippen MR) is 73.2 cm³/mol. The van der Waals surface area contributed by atoms with E-state index in [-0.39, 0.29) is 25.1 Å². The third kappa shape index (κ3) is 2.93.